The Labute approximate surface area is 158 Å². The predicted octanol–water partition coefficient (Wildman–Crippen LogP) is 3.30. The van der Waals surface area contributed by atoms with Gasteiger partial charge in [0.25, 0.3) is 0 Å². The Morgan fingerprint density at radius 3 is 2.54 bits per heavy atom. The summed E-state index contributed by atoms with van der Waals surface area (Å²) in [6.45, 7) is 2.40. The van der Waals surface area contributed by atoms with Gasteiger partial charge in [-0.05, 0) is 37.5 Å². The fraction of sp³-hybridized carbons (Fsp3) is 0.500. The summed E-state index contributed by atoms with van der Waals surface area (Å²) in [6.07, 6.45) is 6.56. The summed E-state index contributed by atoms with van der Waals surface area (Å²) in [5.74, 6) is -0.142. The van der Waals surface area contributed by atoms with Crippen molar-refractivity contribution >= 4 is 22.9 Å². The molecule has 1 fully saturated rings. The normalized spacial score (nSPS) is 15.0. The van der Waals surface area contributed by atoms with Crippen molar-refractivity contribution < 1.29 is 4.79 Å². The summed E-state index contributed by atoms with van der Waals surface area (Å²) in [7, 11) is 2.17. The minimum atomic E-state index is -0.142. The summed E-state index contributed by atoms with van der Waals surface area (Å²) in [5.41, 5.74) is 3.12. The Kier molecular flexibility index (Phi) is 6.14. The van der Waals surface area contributed by atoms with Gasteiger partial charge in [0.1, 0.15) is 6.54 Å². The number of thiazole rings is 1. The smallest absolute Gasteiger partial charge is 0.307 e. The zero-order valence-electron chi connectivity index (χ0n) is 15.5. The summed E-state index contributed by atoms with van der Waals surface area (Å²) in [4.78, 5) is 26.1. The average molecular weight is 374 g/mol. The maximum atomic E-state index is 12.1. The minimum Gasteiger partial charge on any atom is -0.372 e. The van der Waals surface area contributed by atoms with Crippen LogP contribution in [0.4, 0.5) is 5.69 Å². The van der Waals surface area contributed by atoms with E-state index in [1.165, 1.54) is 42.4 Å². The summed E-state index contributed by atoms with van der Waals surface area (Å²) >= 11 is 1.13. The van der Waals surface area contributed by atoms with E-state index in [1.807, 2.05) is 6.92 Å². The zero-order chi connectivity index (χ0) is 18.5. The van der Waals surface area contributed by atoms with E-state index < -0.39 is 0 Å². The monoisotopic (exact) mass is 373 g/mol. The first-order valence-corrected chi connectivity index (χ1v) is 10.2. The van der Waals surface area contributed by atoms with E-state index in [-0.39, 0.29) is 17.3 Å². The van der Waals surface area contributed by atoms with Crippen molar-refractivity contribution in [2.75, 3.05) is 11.9 Å². The lowest BCUT2D eigenvalue weighted by molar-refractivity contribution is -0.121. The minimum absolute atomic E-state index is 0.0800. The van der Waals surface area contributed by atoms with Crippen molar-refractivity contribution in [3.8, 4) is 0 Å². The van der Waals surface area contributed by atoms with E-state index in [0.717, 1.165) is 22.6 Å². The van der Waals surface area contributed by atoms with Gasteiger partial charge in [0.15, 0.2) is 0 Å². The molecule has 26 heavy (non-hydrogen) atoms. The van der Waals surface area contributed by atoms with Crippen LogP contribution in [0.15, 0.2) is 34.4 Å². The maximum absolute atomic E-state index is 12.1. The second kappa shape index (κ2) is 8.54. The third-order valence-electron chi connectivity index (χ3n) is 5.23. The number of aryl methyl sites for hydroxylation is 1. The average Bonchev–Trinajstić information content (AvgIpc) is 2.99. The molecule has 0 unspecified atom stereocenters. The van der Waals surface area contributed by atoms with E-state index >= 15 is 0 Å². The summed E-state index contributed by atoms with van der Waals surface area (Å²) in [6, 6.07) is 9.03. The highest BCUT2D eigenvalue weighted by Crippen LogP contribution is 2.26. The lowest BCUT2D eigenvalue weighted by Gasteiger charge is -2.33. The van der Waals surface area contributed by atoms with Gasteiger partial charge in [-0.1, -0.05) is 42.7 Å². The molecule has 3 rings (SSSR count). The van der Waals surface area contributed by atoms with Gasteiger partial charge >= 0.3 is 4.87 Å². The van der Waals surface area contributed by atoms with Gasteiger partial charge in [-0.3, -0.25) is 14.2 Å². The molecule has 0 saturated heterocycles. The zero-order valence-corrected chi connectivity index (χ0v) is 16.3. The van der Waals surface area contributed by atoms with E-state index in [0.29, 0.717) is 12.6 Å². The van der Waals surface area contributed by atoms with Gasteiger partial charge in [-0.2, -0.15) is 0 Å². The molecular weight excluding hydrogens is 346 g/mol. The van der Waals surface area contributed by atoms with Crippen LogP contribution in [0.3, 0.4) is 0 Å². The van der Waals surface area contributed by atoms with Gasteiger partial charge in [-0.15, -0.1) is 0 Å². The maximum Gasteiger partial charge on any atom is 0.307 e. The molecule has 1 saturated carbocycles. The van der Waals surface area contributed by atoms with Crippen LogP contribution < -0.4 is 15.1 Å². The van der Waals surface area contributed by atoms with Crippen molar-refractivity contribution in [1.82, 2.24) is 9.88 Å². The largest absolute Gasteiger partial charge is 0.372 e. The van der Waals surface area contributed by atoms with Crippen LogP contribution in [-0.4, -0.2) is 23.6 Å². The van der Waals surface area contributed by atoms with Crippen molar-refractivity contribution in [2.24, 2.45) is 0 Å². The molecular formula is C20H27N3O2S. The molecule has 5 nitrogen and oxygen atoms in total. The molecule has 0 bridgehead atoms. The number of rotatable bonds is 6. The fourth-order valence-electron chi connectivity index (χ4n) is 3.52. The van der Waals surface area contributed by atoms with Crippen LogP contribution in [0.1, 0.15) is 43.4 Å². The number of aromatic nitrogens is 1. The number of nitrogens with zero attached hydrogens (tertiary/aromatic N) is 2. The number of hydrogen-bond donors (Lipinski definition) is 1. The second-order valence-electron chi connectivity index (χ2n) is 7.08. The number of anilines is 1. The Bertz CT molecular complexity index is 788. The highest BCUT2D eigenvalue weighted by Gasteiger charge is 2.18. The number of carbonyl (C=O) groups excluding carboxylic acids is 1. The first kappa shape index (κ1) is 18.7. The quantitative estimate of drug-likeness (QED) is 0.845. The van der Waals surface area contributed by atoms with Crippen LogP contribution in [0.25, 0.3) is 0 Å². The van der Waals surface area contributed by atoms with Gasteiger partial charge in [0.05, 0.1) is 0 Å². The summed E-state index contributed by atoms with van der Waals surface area (Å²) in [5, 5.41) is 4.67. The van der Waals surface area contributed by atoms with Crippen LogP contribution >= 0.6 is 11.3 Å². The van der Waals surface area contributed by atoms with Crippen LogP contribution in [0, 0.1) is 6.92 Å². The number of hydrogen-bond acceptors (Lipinski definition) is 4. The molecule has 1 amide bonds. The Morgan fingerprint density at radius 1 is 1.23 bits per heavy atom. The van der Waals surface area contributed by atoms with Crippen LogP contribution in [-0.2, 0) is 17.9 Å². The third-order valence-corrected chi connectivity index (χ3v) is 6.11. The Balaban J connectivity index is 1.52. The molecule has 1 aromatic carbocycles. The van der Waals surface area contributed by atoms with Gasteiger partial charge in [-0.25, -0.2) is 0 Å². The van der Waals surface area contributed by atoms with Gasteiger partial charge < -0.3 is 10.2 Å². The first-order valence-electron chi connectivity index (χ1n) is 9.28. The molecule has 1 N–H and O–H groups in total. The van der Waals surface area contributed by atoms with E-state index in [2.05, 4.69) is 41.5 Å². The molecule has 0 radical (unpaired) electrons. The number of benzene rings is 1. The Morgan fingerprint density at radius 2 is 1.92 bits per heavy atom. The summed E-state index contributed by atoms with van der Waals surface area (Å²) < 4.78 is 1.50. The van der Waals surface area contributed by atoms with E-state index in [4.69, 9.17) is 0 Å². The molecule has 1 aromatic heterocycles. The van der Waals surface area contributed by atoms with Gasteiger partial charge in [0.2, 0.25) is 5.91 Å². The van der Waals surface area contributed by atoms with Gasteiger partial charge in [0, 0.05) is 36.4 Å². The van der Waals surface area contributed by atoms with E-state index in [9.17, 15) is 9.59 Å². The molecule has 1 aliphatic rings. The standard InChI is InChI=1S/C20H27N3O2S/c1-15-14-26-20(25)23(15)13-19(24)21-12-16-8-10-18(11-9-16)22(2)17-6-4-3-5-7-17/h8-11,14,17H,3-7,12-13H2,1-2H3,(H,21,24). The molecule has 2 aromatic rings. The molecule has 0 atom stereocenters. The second-order valence-corrected chi connectivity index (χ2v) is 7.90. The fourth-order valence-corrected chi connectivity index (χ4v) is 4.26. The number of carbonyl (C=O) groups is 1. The van der Waals surface area contributed by atoms with Crippen LogP contribution in [0.2, 0.25) is 0 Å². The van der Waals surface area contributed by atoms with Crippen molar-refractivity contribution in [3.05, 3.63) is 50.6 Å². The SMILES string of the molecule is Cc1csc(=O)n1CC(=O)NCc1ccc(N(C)C2CCCCC2)cc1. The highest BCUT2D eigenvalue weighted by molar-refractivity contribution is 7.07. The number of amides is 1. The number of nitrogens with one attached hydrogen (secondary N) is 1. The molecule has 1 aliphatic carbocycles. The van der Waals surface area contributed by atoms with Crippen molar-refractivity contribution in [1.29, 1.82) is 0 Å². The molecule has 0 spiro atoms. The predicted molar refractivity (Wildman–Crippen MR) is 107 cm³/mol. The molecule has 140 valence electrons. The molecule has 1 heterocycles. The van der Waals surface area contributed by atoms with Crippen molar-refractivity contribution in [2.45, 2.75) is 58.2 Å². The molecule has 6 heteroatoms. The van der Waals surface area contributed by atoms with E-state index in [1.54, 1.807) is 5.38 Å². The molecule has 0 aliphatic heterocycles. The topological polar surface area (TPSA) is 54.3 Å². The Hall–Kier alpha value is -2.08. The van der Waals surface area contributed by atoms with Crippen LogP contribution in [0.5, 0.6) is 0 Å². The highest BCUT2D eigenvalue weighted by atomic mass is 32.1. The van der Waals surface area contributed by atoms with Crippen molar-refractivity contribution in [3.63, 3.8) is 0 Å². The lowest BCUT2D eigenvalue weighted by atomic mass is 9.94. The lowest BCUT2D eigenvalue weighted by Crippen LogP contribution is -2.33. The first-order chi connectivity index (χ1) is 12.5. The third kappa shape index (κ3) is 4.55.